The molecule has 0 radical (unpaired) electrons. The summed E-state index contributed by atoms with van der Waals surface area (Å²) in [4.78, 5) is 4.61. The van der Waals surface area contributed by atoms with Crippen molar-refractivity contribution in [3.05, 3.63) is 23.8 Å². The quantitative estimate of drug-likeness (QED) is 0.864. The monoisotopic (exact) mass is 316 g/mol. The molecule has 0 saturated carbocycles. The van der Waals surface area contributed by atoms with Gasteiger partial charge in [-0.1, -0.05) is 11.2 Å². The van der Waals surface area contributed by atoms with Crippen molar-refractivity contribution >= 4 is 6.01 Å². The van der Waals surface area contributed by atoms with E-state index in [0.717, 1.165) is 43.1 Å². The van der Waals surface area contributed by atoms with Gasteiger partial charge in [0.25, 0.3) is 0 Å². The Kier molecular flexibility index (Phi) is 4.52. The molecule has 0 spiro atoms. The lowest BCUT2D eigenvalue weighted by molar-refractivity contribution is 0.206. The molecule has 2 heterocycles. The van der Waals surface area contributed by atoms with Crippen molar-refractivity contribution in [2.24, 2.45) is 0 Å². The first-order valence-corrected chi connectivity index (χ1v) is 8.06. The maximum atomic E-state index is 5.87. The number of ether oxygens (including phenoxy) is 1. The molecule has 1 aromatic carbocycles. The summed E-state index contributed by atoms with van der Waals surface area (Å²) in [5.74, 6) is 1.36. The number of nitrogens with zero attached hydrogens (tertiary/aromatic N) is 4. The van der Waals surface area contributed by atoms with Crippen molar-refractivity contribution in [3.63, 3.8) is 0 Å². The second-order valence-electron chi connectivity index (χ2n) is 6.19. The number of anilines is 1. The third-order valence-corrected chi connectivity index (χ3v) is 4.38. The maximum Gasteiger partial charge on any atom is 0.318 e. The van der Waals surface area contributed by atoms with Crippen LogP contribution in [0.4, 0.5) is 6.01 Å². The number of rotatable bonds is 4. The number of aryl methyl sites for hydroxylation is 1. The SMILES string of the molecule is COc1cc(-c2nnc(N3CCN(C(C)C)CC3)o2)ccc1C. The Labute approximate surface area is 137 Å². The average molecular weight is 316 g/mol. The van der Waals surface area contributed by atoms with Crippen LogP contribution in [-0.4, -0.2) is 54.4 Å². The van der Waals surface area contributed by atoms with Crippen LogP contribution < -0.4 is 9.64 Å². The number of aromatic nitrogens is 2. The first-order chi connectivity index (χ1) is 11.1. The van der Waals surface area contributed by atoms with E-state index in [1.54, 1.807) is 7.11 Å². The molecule has 1 aliphatic rings. The van der Waals surface area contributed by atoms with Crippen LogP contribution in [-0.2, 0) is 0 Å². The van der Waals surface area contributed by atoms with E-state index in [-0.39, 0.29) is 0 Å². The topological polar surface area (TPSA) is 54.6 Å². The van der Waals surface area contributed by atoms with Crippen LogP contribution in [0.15, 0.2) is 22.6 Å². The number of benzene rings is 1. The lowest BCUT2D eigenvalue weighted by atomic mass is 10.1. The summed E-state index contributed by atoms with van der Waals surface area (Å²) >= 11 is 0. The van der Waals surface area contributed by atoms with Crippen molar-refractivity contribution in [2.75, 3.05) is 38.2 Å². The van der Waals surface area contributed by atoms with Crippen LogP contribution in [0.25, 0.3) is 11.5 Å². The van der Waals surface area contributed by atoms with Gasteiger partial charge < -0.3 is 14.1 Å². The molecule has 0 amide bonds. The molecule has 0 N–H and O–H groups in total. The zero-order valence-electron chi connectivity index (χ0n) is 14.2. The van der Waals surface area contributed by atoms with Crippen molar-refractivity contribution in [1.82, 2.24) is 15.1 Å². The van der Waals surface area contributed by atoms with Gasteiger partial charge in [0.1, 0.15) is 5.75 Å². The molecule has 0 unspecified atom stereocenters. The van der Waals surface area contributed by atoms with Gasteiger partial charge in [-0.25, -0.2) is 0 Å². The molecule has 1 fully saturated rings. The summed E-state index contributed by atoms with van der Waals surface area (Å²) in [5, 5.41) is 8.41. The van der Waals surface area contributed by atoms with E-state index in [2.05, 4.69) is 33.8 Å². The zero-order chi connectivity index (χ0) is 16.4. The fourth-order valence-electron chi connectivity index (χ4n) is 2.84. The van der Waals surface area contributed by atoms with Crippen LogP contribution in [0.1, 0.15) is 19.4 Å². The van der Waals surface area contributed by atoms with Crippen LogP contribution in [0.5, 0.6) is 5.75 Å². The Bertz CT molecular complexity index is 660. The average Bonchev–Trinajstić information content (AvgIpc) is 3.05. The standard InChI is InChI=1S/C17H24N4O2/c1-12(2)20-7-9-21(10-8-20)17-19-18-16(23-17)14-6-5-13(3)15(11-14)22-4/h5-6,11-12H,7-10H2,1-4H3. The molecular formula is C17H24N4O2. The number of hydrogen-bond acceptors (Lipinski definition) is 6. The van der Waals surface area contributed by atoms with Gasteiger partial charge in [-0.2, -0.15) is 0 Å². The van der Waals surface area contributed by atoms with E-state index in [1.165, 1.54) is 0 Å². The first-order valence-electron chi connectivity index (χ1n) is 8.06. The highest BCUT2D eigenvalue weighted by Crippen LogP contribution is 2.28. The summed E-state index contributed by atoms with van der Waals surface area (Å²) < 4.78 is 11.2. The van der Waals surface area contributed by atoms with E-state index in [0.29, 0.717) is 17.9 Å². The van der Waals surface area contributed by atoms with E-state index in [1.807, 2.05) is 25.1 Å². The molecule has 0 atom stereocenters. The van der Waals surface area contributed by atoms with Crippen molar-refractivity contribution < 1.29 is 9.15 Å². The predicted molar refractivity (Wildman–Crippen MR) is 89.9 cm³/mol. The lowest BCUT2D eigenvalue weighted by Crippen LogP contribution is -2.49. The second-order valence-corrected chi connectivity index (χ2v) is 6.19. The highest BCUT2D eigenvalue weighted by atomic mass is 16.5. The molecule has 2 aromatic rings. The number of hydrogen-bond donors (Lipinski definition) is 0. The molecule has 1 aliphatic heterocycles. The minimum Gasteiger partial charge on any atom is -0.496 e. The third-order valence-electron chi connectivity index (χ3n) is 4.38. The molecule has 3 rings (SSSR count). The Balaban J connectivity index is 1.74. The van der Waals surface area contributed by atoms with E-state index >= 15 is 0 Å². The van der Waals surface area contributed by atoms with E-state index in [9.17, 15) is 0 Å². The molecule has 0 aliphatic carbocycles. The van der Waals surface area contributed by atoms with Gasteiger partial charge in [0.05, 0.1) is 7.11 Å². The van der Waals surface area contributed by atoms with Crippen LogP contribution >= 0.6 is 0 Å². The molecule has 6 nitrogen and oxygen atoms in total. The van der Waals surface area contributed by atoms with Crippen molar-refractivity contribution in [2.45, 2.75) is 26.8 Å². The summed E-state index contributed by atoms with van der Waals surface area (Å²) in [6.45, 7) is 10.3. The predicted octanol–water partition coefficient (Wildman–Crippen LogP) is 2.58. The molecule has 1 aromatic heterocycles. The van der Waals surface area contributed by atoms with E-state index in [4.69, 9.17) is 9.15 Å². The van der Waals surface area contributed by atoms with Gasteiger partial charge in [0.15, 0.2) is 0 Å². The third kappa shape index (κ3) is 3.32. The minimum atomic E-state index is 0.532. The summed E-state index contributed by atoms with van der Waals surface area (Å²) in [5.41, 5.74) is 1.97. The summed E-state index contributed by atoms with van der Waals surface area (Å²) in [6.07, 6.45) is 0. The lowest BCUT2D eigenvalue weighted by Gasteiger charge is -2.35. The van der Waals surface area contributed by atoms with Crippen LogP contribution in [0, 0.1) is 6.92 Å². The molecule has 124 valence electrons. The van der Waals surface area contributed by atoms with E-state index < -0.39 is 0 Å². The highest BCUT2D eigenvalue weighted by Gasteiger charge is 2.23. The molecule has 23 heavy (non-hydrogen) atoms. The zero-order valence-corrected chi connectivity index (χ0v) is 14.2. The van der Waals surface area contributed by atoms with Gasteiger partial charge in [0.2, 0.25) is 5.89 Å². The Hall–Kier alpha value is -2.08. The van der Waals surface area contributed by atoms with Gasteiger partial charge in [0, 0.05) is 37.8 Å². The van der Waals surface area contributed by atoms with Crippen molar-refractivity contribution in [3.8, 4) is 17.2 Å². The number of piperazine rings is 1. The summed E-state index contributed by atoms with van der Waals surface area (Å²) in [7, 11) is 1.67. The smallest absolute Gasteiger partial charge is 0.318 e. The highest BCUT2D eigenvalue weighted by molar-refractivity contribution is 5.58. The fraction of sp³-hybridized carbons (Fsp3) is 0.529. The molecule has 1 saturated heterocycles. The Morgan fingerprint density at radius 1 is 1.13 bits per heavy atom. The van der Waals surface area contributed by atoms with Gasteiger partial charge in [-0.15, -0.1) is 5.10 Å². The first kappa shape index (κ1) is 15.8. The van der Waals surface area contributed by atoms with Crippen molar-refractivity contribution in [1.29, 1.82) is 0 Å². The Morgan fingerprint density at radius 3 is 2.52 bits per heavy atom. The molecular weight excluding hydrogens is 292 g/mol. The normalized spacial score (nSPS) is 16.1. The maximum absolute atomic E-state index is 5.87. The fourth-order valence-corrected chi connectivity index (χ4v) is 2.84. The van der Waals surface area contributed by atoms with Crippen LogP contribution in [0.3, 0.4) is 0 Å². The van der Waals surface area contributed by atoms with Gasteiger partial charge in [-0.3, -0.25) is 4.90 Å². The molecule has 6 heteroatoms. The second kappa shape index (κ2) is 6.58. The summed E-state index contributed by atoms with van der Waals surface area (Å²) in [6, 6.07) is 7.09. The molecule has 0 bridgehead atoms. The van der Waals surface area contributed by atoms with Crippen LogP contribution in [0.2, 0.25) is 0 Å². The largest absolute Gasteiger partial charge is 0.496 e. The van der Waals surface area contributed by atoms with Gasteiger partial charge >= 0.3 is 6.01 Å². The Morgan fingerprint density at radius 2 is 1.87 bits per heavy atom. The minimum absolute atomic E-state index is 0.532. The number of methoxy groups -OCH3 is 1. The van der Waals surface area contributed by atoms with Gasteiger partial charge in [-0.05, 0) is 38.5 Å².